The second kappa shape index (κ2) is 5.87. The summed E-state index contributed by atoms with van der Waals surface area (Å²) in [6.45, 7) is 3.54. The molecule has 1 unspecified atom stereocenters. The molecule has 7 heteroatoms. The van der Waals surface area contributed by atoms with Gasteiger partial charge in [-0.15, -0.1) is 0 Å². The van der Waals surface area contributed by atoms with Crippen molar-refractivity contribution in [3.63, 3.8) is 0 Å². The van der Waals surface area contributed by atoms with Gasteiger partial charge in [-0.1, -0.05) is 6.07 Å². The van der Waals surface area contributed by atoms with E-state index in [1.165, 1.54) is 6.07 Å². The van der Waals surface area contributed by atoms with Gasteiger partial charge in [0.05, 0.1) is 4.92 Å². The van der Waals surface area contributed by atoms with Crippen LogP contribution in [0.1, 0.15) is 5.56 Å². The highest BCUT2D eigenvalue weighted by Gasteiger charge is 2.31. The van der Waals surface area contributed by atoms with E-state index in [0.717, 1.165) is 5.56 Å². The molecule has 0 aliphatic carbocycles. The zero-order chi connectivity index (χ0) is 14.7. The Bertz CT molecular complexity index is 532. The third-order valence-corrected chi connectivity index (χ3v) is 3.43. The minimum absolute atomic E-state index is 0.0424. The standard InChI is InChI=1S/C13H18N4O3/c1-9-3-4-10(11(7-9)17(19)20)16-6-5-15-8-12(16)13(18)14-2/h3-4,7,12,15H,5-6,8H2,1-2H3,(H,14,18). The van der Waals surface area contributed by atoms with Crippen LogP contribution in [0, 0.1) is 17.0 Å². The zero-order valence-electron chi connectivity index (χ0n) is 11.5. The predicted octanol–water partition coefficient (Wildman–Crippen LogP) is 0.427. The summed E-state index contributed by atoms with van der Waals surface area (Å²) < 4.78 is 0. The van der Waals surface area contributed by atoms with E-state index in [9.17, 15) is 14.9 Å². The van der Waals surface area contributed by atoms with E-state index in [0.29, 0.717) is 25.3 Å². The lowest BCUT2D eigenvalue weighted by Crippen LogP contribution is -2.57. The molecule has 1 amide bonds. The van der Waals surface area contributed by atoms with E-state index in [-0.39, 0.29) is 11.6 Å². The number of carbonyl (C=O) groups is 1. The lowest BCUT2D eigenvalue weighted by atomic mass is 10.1. The van der Waals surface area contributed by atoms with Crippen molar-refractivity contribution in [2.45, 2.75) is 13.0 Å². The van der Waals surface area contributed by atoms with Gasteiger partial charge in [0, 0.05) is 32.7 Å². The van der Waals surface area contributed by atoms with Gasteiger partial charge in [0.15, 0.2) is 0 Å². The summed E-state index contributed by atoms with van der Waals surface area (Å²) in [4.78, 5) is 24.6. The molecule has 1 atom stereocenters. The number of amides is 1. The monoisotopic (exact) mass is 278 g/mol. The number of likely N-dealkylation sites (N-methyl/N-ethyl adjacent to an activating group) is 1. The quantitative estimate of drug-likeness (QED) is 0.618. The van der Waals surface area contributed by atoms with Crippen molar-refractivity contribution in [1.82, 2.24) is 10.6 Å². The summed E-state index contributed by atoms with van der Waals surface area (Å²) in [5.41, 5.74) is 1.36. The lowest BCUT2D eigenvalue weighted by Gasteiger charge is -2.36. The number of piperazine rings is 1. The number of nitro benzene ring substituents is 1. The largest absolute Gasteiger partial charge is 0.357 e. The molecule has 20 heavy (non-hydrogen) atoms. The summed E-state index contributed by atoms with van der Waals surface area (Å²) in [5, 5.41) is 17.0. The van der Waals surface area contributed by atoms with E-state index < -0.39 is 11.0 Å². The molecule has 1 fully saturated rings. The van der Waals surface area contributed by atoms with Crippen molar-refractivity contribution in [3.8, 4) is 0 Å². The maximum Gasteiger partial charge on any atom is 0.292 e. The van der Waals surface area contributed by atoms with Crippen molar-refractivity contribution in [1.29, 1.82) is 0 Å². The lowest BCUT2D eigenvalue weighted by molar-refractivity contribution is -0.384. The van der Waals surface area contributed by atoms with Crippen LogP contribution in [0.2, 0.25) is 0 Å². The fourth-order valence-electron chi connectivity index (χ4n) is 2.42. The van der Waals surface area contributed by atoms with Crippen LogP contribution in [0.25, 0.3) is 0 Å². The first-order chi connectivity index (χ1) is 9.54. The topological polar surface area (TPSA) is 87.5 Å². The summed E-state index contributed by atoms with van der Waals surface area (Å²) in [5.74, 6) is -0.146. The maximum atomic E-state index is 11.9. The van der Waals surface area contributed by atoms with Crippen molar-refractivity contribution in [3.05, 3.63) is 33.9 Å². The first-order valence-electron chi connectivity index (χ1n) is 6.48. The number of nitro groups is 1. The summed E-state index contributed by atoms with van der Waals surface area (Å²) in [6.07, 6.45) is 0. The SMILES string of the molecule is CNC(=O)C1CNCCN1c1ccc(C)cc1[N+](=O)[O-]. The number of nitrogens with zero attached hydrogens (tertiary/aromatic N) is 2. The average molecular weight is 278 g/mol. The Morgan fingerprint density at radius 1 is 1.55 bits per heavy atom. The summed E-state index contributed by atoms with van der Waals surface area (Å²) in [6, 6.07) is 4.65. The highest BCUT2D eigenvalue weighted by atomic mass is 16.6. The molecule has 1 aromatic carbocycles. The van der Waals surface area contributed by atoms with Crippen LogP contribution in [0.3, 0.4) is 0 Å². The van der Waals surface area contributed by atoms with Crippen molar-refractivity contribution < 1.29 is 9.72 Å². The van der Waals surface area contributed by atoms with E-state index in [4.69, 9.17) is 0 Å². The second-order valence-corrected chi connectivity index (χ2v) is 4.78. The van der Waals surface area contributed by atoms with E-state index in [2.05, 4.69) is 10.6 Å². The highest BCUT2D eigenvalue weighted by molar-refractivity contribution is 5.86. The molecule has 0 radical (unpaired) electrons. The molecule has 108 valence electrons. The fourth-order valence-corrected chi connectivity index (χ4v) is 2.42. The number of aryl methyl sites for hydroxylation is 1. The Morgan fingerprint density at radius 3 is 2.95 bits per heavy atom. The molecule has 1 heterocycles. The Balaban J connectivity index is 2.42. The van der Waals surface area contributed by atoms with Gasteiger partial charge in [-0.3, -0.25) is 14.9 Å². The van der Waals surface area contributed by atoms with Crippen LogP contribution in [0.5, 0.6) is 0 Å². The van der Waals surface area contributed by atoms with Crippen molar-refractivity contribution in [2.24, 2.45) is 0 Å². The van der Waals surface area contributed by atoms with Crippen LogP contribution in [0.15, 0.2) is 18.2 Å². The van der Waals surface area contributed by atoms with E-state index in [1.54, 1.807) is 18.0 Å². The van der Waals surface area contributed by atoms with Gasteiger partial charge in [-0.05, 0) is 18.6 Å². The smallest absolute Gasteiger partial charge is 0.292 e. The predicted molar refractivity (Wildman–Crippen MR) is 75.9 cm³/mol. The van der Waals surface area contributed by atoms with Crippen LogP contribution in [0.4, 0.5) is 11.4 Å². The van der Waals surface area contributed by atoms with Crippen molar-refractivity contribution >= 4 is 17.3 Å². The molecule has 7 nitrogen and oxygen atoms in total. The summed E-state index contributed by atoms with van der Waals surface area (Å²) in [7, 11) is 1.57. The van der Waals surface area contributed by atoms with Crippen LogP contribution in [-0.4, -0.2) is 43.6 Å². The zero-order valence-corrected chi connectivity index (χ0v) is 11.5. The highest BCUT2D eigenvalue weighted by Crippen LogP contribution is 2.31. The fraction of sp³-hybridized carbons (Fsp3) is 0.462. The van der Waals surface area contributed by atoms with Gasteiger partial charge in [-0.2, -0.15) is 0 Å². The third kappa shape index (κ3) is 2.72. The molecule has 1 aliphatic rings. The first kappa shape index (κ1) is 14.3. The van der Waals surface area contributed by atoms with Crippen LogP contribution >= 0.6 is 0 Å². The number of hydrogen-bond donors (Lipinski definition) is 2. The molecule has 0 aromatic heterocycles. The average Bonchev–Trinajstić information content (AvgIpc) is 2.46. The molecule has 0 saturated carbocycles. The van der Waals surface area contributed by atoms with E-state index in [1.807, 2.05) is 13.0 Å². The first-order valence-corrected chi connectivity index (χ1v) is 6.48. The van der Waals surface area contributed by atoms with E-state index >= 15 is 0 Å². The minimum atomic E-state index is -0.435. The molecule has 2 N–H and O–H groups in total. The number of anilines is 1. The molecule has 0 bridgehead atoms. The second-order valence-electron chi connectivity index (χ2n) is 4.78. The summed E-state index contributed by atoms with van der Waals surface area (Å²) >= 11 is 0. The Hall–Kier alpha value is -2.15. The number of hydrogen-bond acceptors (Lipinski definition) is 5. The molecule has 1 saturated heterocycles. The number of carbonyl (C=O) groups excluding carboxylic acids is 1. The number of benzene rings is 1. The normalized spacial score (nSPS) is 18.7. The van der Waals surface area contributed by atoms with Gasteiger partial charge < -0.3 is 15.5 Å². The van der Waals surface area contributed by atoms with Gasteiger partial charge in [0.2, 0.25) is 5.91 Å². The Kier molecular flexibility index (Phi) is 4.19. The number of nitrogens with one attached hydrogen (secondary N) is 2. The molecule has 1 aromatic rings. The molecule has 1 aliphatic heterocycles. The molecule has 2 rings (SSSR count). The molecular weight excluding hydrogens is 260 g/mol. The number of rotatable bonds is 3. The Morgan fingerprint density at radius 2 is 2.30 bits per heavy atom. The van der Waals surface area contributed by atoms with Gasteiger partial charge in [0.1, 0.15) is 11.7 Å². The van der Waals surface area contributed by atoms with Crippen LogP contribution < -0.4 is 15.5 Å². The van der Waals surface area contributed by atoms with Crippen LogP contribution in [-0.2, 0) is 4.79 Å². The Labute approximate surface area is 117 Å². The van der Waals surface area contributed by atoms with Gasteiger partial charge >= 0.3 is 0 Å². The van der Waals surface area contributed by atoms with Crippen molar-refractivity contribution in [2.75, 3.05) is 31.6 Å². The van der Waals surface area contributed by atoms with Gasteiger partial charge in [-0.25, -0.2) is 0 Å². The van der Waals surface area contributed by atoms with Gasteiger partial charge in [0.25, 0.3) is 5.69 Å². The third-order valence-electron chi connectivity index (χ3n) is 3.43. The molecule has 0 spiro atoms. The minimum Gasteiger partial charge on any atom is -0.357 e. The maximum absolute atomic E-state index is 11.9. The molecular formula is C13H18N4O3.